The van der Waals surface area contributed by atoms with Crippen molar-refractivity contribution in [2.24, 2.45) is 10.9 Å². The molecule has 0 amide bonds. The van der Waals surface area contributed by atoms with Crippen LogP contribution in [0.1, 0.15) is 11.1 Å². The SMILES string of the molecule is N/C(=N/O)c1ccc(OCc2ccc(F)c(Cl)c2)c(Cl)c1. The summed E-state index contributed by atoms with van der Waals surface area (Å²) >= 11 is 11.7. The second-order valence-corrected chi connectivity index (χ2v) is 4.98. The van der Waals surface area contributed by atoms with Crippen molar-refractivity contribution in [3.63, 3.8) is 0 Å². The minimum absolute atomic E-state index is 0.0319. The molecule has 21 heavy (non-hydrogen) atoms. The number of nitrogens with two attached hydrogens (primary N) is 1. The Kier molecular flexibility index (Phi) is 4.88. The Bertz CT molecular complexity index is 693. The van der Waals surface area contributed by atoms with Crippen molar-refractivity contribution in [1.82, 2.24) is 0 Å². The van der Waals surface area contributed by atoms with E-state index in [9.17, 15) is 4.39 Å². The van der Waals surface area contributed by atoms with Crippen LogP contribution in [0.3, 0.4) is 0 Å². The molecule has 7 heteroatoms. The number of nitrogens with zero attached hydrogens (tertiary/aromatic N) is 1. The van der Waals surface area contributed by atoms with Crippen LogP contribution in [-0.4, -0.2) is 11.0 Å². The van der Waals surface area contributed by atoms with Gasteiger partial charge in [0.2, 0.25) is 0 Å². The van der Waals surface area contributed by atoms with Crippen LogP contribution >= 0.6 is 23.2 Å². The zero-order valence-electron chi connectivity index (χ0n) is 10.7. The van der Waals surface area contributed by atoms with E-state index in [1.807, 2.05) is 0 Å². The van der Waals surface area contributed by atoms with E-state index in [4.69, 9.17) is 38.9 Å². The van der Waals surface area contributed by atoms with Crippen molar-refractivity contribution in [3.8, 4) is 5.75 Å². The van der Waals surface area contributed by atoms with E-state index in [2.05, 4.69) is 5.16 Å². The predicted octanol–water partition coefficient (Wildman–Crippen LogP) is 3.81. The summed E-state index contributed by atoms with van der Waals surface area (Å²) in [7, 11) is 0. The summed E-state index contributed by atoms with van der Waals surface area (Å²) < 4.78 is 18.6. The van der Waals surface area contributed by atoms with Crippen LogP contribution in [-0.2, 0) is 6.61 Å². The lowest BCUT2D eigenvalue weighted by Gasteiger charge is -2.09. The van der Waals surface area contributed by atoms with Crippen LogP contribution in [0.5, 0.6) is 5.75 Å². The van der Waals surface area contributed by atoms with Crippen molar-refractivity contribution in [1.29, 1.82) is 0 Å². The van der Waals surface area contributed by atoms with E-state index in [0.29, 0.717) is 21.9 Å². The average Bonchev–Trinajstić information content (AvgIpc) is 2.48. The highest BCUT2D eigenvalue weighted by molar-refractivity contribution is 6.32. The fourth-order valence-electron chi connectivity index (χ4n) is 1.63. The first-order valence-electron chi connectivity index (χ1n) is 5.85. The fraction of sp³-hybridized carbons (Fsp3) is 0.0714. The van der Waals surface area contributed by atoms with E-state index < -0.39 is 5.82 Å². The Morgan fingerprint density at radius 2 is 1.95 bits per heavy atom. The van der Waals surface area contributed by atoms with Gasteiger partial charge in [-0.05, 0) is 35.9 Å². The van der Waals surface area contributed by atoms with Gasteiger partial charge in [0.05, 0.1) is 10.0 Å². The monoisotopic (exact) mass is 328 g/mol. The molecule has 0 atom stereocenters. The largest absolute Gasteiger partial charge is 0.487 e. The van der Waals surface area contributed by atoms with Crippen molar-refractivity contribution in [2.45, 2.75) is 6.61 Å². The Labute approximate surface area is 130 Å². The van der Waals surface area contributed by atoms with Gasteiger partial charge in [0.15, 0.2) is 5.84 Å². The first-order valence-corrected chi connectivity index (χ1v) is 6.61. The molecule has 0 radical (unpaired) electrons. The second kappa shape index (κ2) is 6.65. The summed E-state index contributed by atoms with van der Waals surface area (Å²) in [6, 6.07) is 9.04. The van der Waals surface area contributed by atoms with Gasteiger partial charge in [-0.15, -0.1) is 0 Å². The highest BCUT2D eigenvalue weighted by Crippen LogP contribution is 2.26. The van der Waals surface area contributed by atoms with Crippen molar-refractivity contribution >= 4 is 29.0 Å². The maximum absolute atomic E-state index is 13.0. The zero-order valence-corrected chi connectivity index (χ0v) is 12.2. The molecule has 110 valence electrons. The molecule has 0 unspecified atom stereocenters. The number of hydrogen-bond donors (Lipinski definition) is 2. The minimum atomic E-state index is -0.485. The molecule has 0 heterocycles. The van der Waals surface area contributed by atoms with Crippen LogP contribution in [0.2, 0.25) is 10.0 Å². The number of amidine groups is 1. The molecule has 2 aromatic carbocycles. The third-order valence-corrected chi connectivity index (χ3v) is 3.30. The molecule has 0 bridgehead atoms. The van der Waals surface area contributed by atoms with E-state index >= 15 is 0 Å². The van der Waals surface area contributed by atoms with E-state index in [1.165, 1.54) is 18.2 Å². The number of benzene rings is 2. The molecule has 2 rings (SSSR count). The Morgan fingerprint density at radius 1 is 1.19 bits per heavy atom. The molecule has 0 aliphatic carbocycles. The minimum Gasteiger partial charge on any atom is -0.487 e. The van der Waals surface area contributed by atoms with Gasteiger partial charge >= 0.3 is 0 Å². The van der Waals surface area contributed by atoms with Gasteiger partial charge in [-0.25, -0.2) is 4.39 Å². The van der Waals surface area contributed by atoms with Crippen LogP contribution in [0.15, 0.2) is 41.6 Å². The summed E-state index contributed by atoms with van der Waals surface area (Å²) in [5.74, 6) is -0.109. The average molecular weight is 329 g/mol. The smallest absolute Gasteiger partial charge is 0.170 e. The quantitative estimate of drug-likeness (QED) is 0.388. The van der Waals surface area contributed by atoms with Crippen LogP contribution in [0.4, 0.5) is 4.39 Å². The standard InChI is InChI=1S/C14H11Cl2FN2O2/c15-10-5-8(1-3-12(10)17)7-21-13-4-2-9(6-11(13)16)14(18)19-20/h1-6,20H,7H2,(H2,18,19). The Morgan fingerprint density at radius 3 is 2.57 bits per heavy atom. The van der Waals surface area contributed by atoms with Crippen LogP contribution in [0, 0.1) is 5.82 Å². The number of rotatable bonds is 4. The normalized spacial score (nSPS) is 11.5. The lowest BCUT2D eigenvalue weighted by molar-refractivity contribution is 0.306. The number of ether oxygens (including phenoxy) is 1. The van der Waals surface area contributed by atoms with E-state index in [1.54, 1.807) is 18.2 Å². The van der Waals surface area contributed by atoms with Gasteiger partial charge in [0.1, 0.15) is 18.2 Å². The van der Waals surface area contributed by atoms with Gasteiger partial charge in [-0.1, -0.05) is 34.4 Å². The van der Waals surface area contributed by atoms with Crippen LogP contribution in [0.25, 0.3) is 0 Å². The first-order chi connectivity index (χ1) is 10.0. The molecular weight excluding hydrogens is 318 g/mol. The molecule has 3 N–H and O–H groups in total. The summed E-state index contributed by atoms with van der Waals surface area (Å²) in [6.07, 6.45) is 0. The van der Waals surface area contributed by atoms with Crippen molar-refractivity contribution < 1.29 is 14.3 Å². The van der Waals surface area contributed by atoms with Crippen molar-refractivity contribution in [2.75, 3.05) is 0 Å². The molecule has 0 aliphatic rings. The molecule has 4 nitrogen and oxygen atoms in total. The zero-order chi connectivity index (χ0) is 15.4. The third-order valence-electron chi connectivity index (χ3n) is 2.71. The summed E-state index contributed by atoms with van der Waals surface area (Å²) in [5, 5.41) is 11.8. The highest BCUT2D eigenvalue weighted by atomic mass is 35.5. The maximum atomic E-state index is 13.0. The topological polar surface area (TPSA) is 67.8 Å². The molecule has 2 aromatic rings. The van der Waals surface area contributed by atoms with Gasteiger partial charge in [0.25, 0.3) is 0 Å². The Balaban J connectivity index is 2.11. The molecule has 0 aromatic heterocycles. The number of hydrogen-bond acceptors (Lipinski definition) is 3. The maximum Gasteiger partial charge on any atom is 0.170 e. The molecule has 0 saturated heterocycles. The molecule has 0 saturated carbocycles. The van der Waals surface area contributed by atoms with Gasteiger partial charge in [-0.2, -0.15) is 0 Å². The first kappa shape index (κ1) is 15.4. The lowest BCUT2D eigenvalue weighted by Crippen LogP contribution is -2.12. The van der Waals surface area contributed by atoms with E-state index in [-0.39, 0.29) is 17.5 Å². The molecular formula is C14H11Cl2FN2O2. The summed E-state index contributed by atoms with van der Waals surface area (Å²) in [6.45, 7) is 0.183. The van der Waals surface area contributed by atoms with Gasteiger partial charge < -0.3 is 15.7 Å². The van der Waals surface area contributed by atoms with Gasteiger partial charge in [0, 0.05) is 5.56 Å². The molecule has 0 fully saturated rings. The number of halogens is 3. The third kappa shape index (κ3) is 3.77. The van der Waals surface area contributed by atoms with E-state index in [0.717, 1.165) is 0 Å². The fourth-order valence-corrected chi connectivity index (χ4v) is 2.06. The highest BCUT2D eigenvalue weighted by Gasteiger charge is 2.07. The van der Waals surface area contributed by atoms with Crippen LogP contribution < -0.4 is 10.5 Å². The number of oxime groups is 1. The lowest BCUT2D eigenvalue weighted by atomic mass is 10.2. The Hall–Kier alpha value is -1.98. The summed E-state index contributed by atoms with van der Waals surface area (Å²) in [4.78, 5) is 0. The van der Waals surface area contributed by atoms with Crippen molar-refractivity contribution in [3.05, 3.63) is 63.4 Å². The molecule has 0 spiro atoms. The van der Waals surface area contributed by atoms with Gasteiger partial charge in [-0.3, -0.25) is 0 Å². The summed E-state index contributed by atoms with van der Waals surface area (Å²) in [5.41, 5.74) is 6.64. The predicted molar refractivity (Wildman–Crippen MR) is 79.7 cm³/mol. The second-order valence-electron chi connectivity index (χ2n) is 4.17. The molecule has 0 aliphatic heterocycles.